The van der Waals surface area contributed by atoms with Crippen molar-refractivity contribution in [1.29, 1.82) is 0 Å². The summed E-state index contributed by atoms with van der Waals surface area (Å²) in [4.78, 5) is 26.8. The SMILES string of the molecule is Cc1nnsc1C(=O)NC1CC(=O)N(CC2CCCCC2)C1. The molecule has 1 unspecified atom stereocenters. The van der Waals surface area contributed by atoms with Gasteiger partial charge in [0, 0.05) is 19.5 Å². The number of nitrogens with zero attached hydrogens (tertiary/aromatic N) is 3. The number of likely N-dealkylation sites (tertiary alicyclic amines) is 1. The first kappa shape index (κ1) is 15.4. The molecule has 6 nitrogen and oxygen atoms in total. The Labute approximate surface area is 134 Å². The Balaban J connectivity index is 1.53. The van der Waals surface area contributed by atoms with Gasteiger partial charge >= 0.3 is 0 Å². The summed E-state index contributed by atoms with van der Waals surface area (Å²) in [6.45, 7) is 3.26. The highest BCUT2D eigenvalue weighted by atomic mass is 32.1. The van der Waals surface area contributed by atoms with Crippen molar-refractivity contribution in [3.05, 3.63) is 10.6 Å². The lowest BCUT2D eigenvalue weighted by Crippen LogP contribution is -2.38. The first-order valence-electron chi connectivity index (χ1n) is 8.01. The first-order valence-corrected chi connectivity index (χ1v) is 8.78. The van der Waals surface area contributed by atoms with Gasteiger partial charge in [-0.1, -0.05) is 23.8 Å². The van der Waals surface area contributed by atoms with E-state index < -0.39 is 0 Å². The molecule has 1 aliphatic carbocycles. The molecular weight excluding hydrogens is 300 g/mol. The Morgan fingerprint density at radius 1 is 1.36 bits per heavy atom. The second-order valence-electron chi connectivity index (χ2n) is 6.36. The van der Waals surface area contributed by atoms with Crippen LogP contribution in [-0.4, -0.2) is 45.4 Å². The minimum absolute atomic E-state index is 0.0925. The largest absolute Gasteiger partial charge is 0.346 e. The molecule has 7 heteroatoms. The Hall–Kier alpha value is -1.50. The molecule has 1 aliphatic heterocycles. The summed E-state index contributed by atoms with van der Waals surface area (Å²) in [5.74, 6) is 0.639. The van der Waals surface area contributed by atoms with Crippen molar-refractivity contribution in [2.45, 2.75) is 51.5 Å². The molecule has 1 N–H and O–H groups in total. The van der Waals surface area contributed by atoms with Gasteiger partial charge in [-0.15, -0.1) is 5.10 Å². The summed E-state index contributed by atoms with van der Waals surface area (Å²) in [7, 11) is 0. The van der Waals surface area contributed by atoms with E-state index in [1.807, 2.05) is 4.90 Å². The molecule has 3 rings (SSSR count). The van der Waals surface area contributed by atoms with Crippen LogP contribution in [0.1, 0.15) is 53.9 Å². The fraction of sp³-hybridized carbons (Fsp3) is 0.733. The van der Waals surface area contributed by atoms with Crippen LogP contribution >= 0.6 is 11.5 Å². The maximum Gasteiger partial charge on any atom is 0.265 e. The molecule has 2 amide bonds. The smallest absolute Gasteiger partial charge is 0.265 e. The summed E-state index contributed by atoms with van der Waals surface area (Å²) < 4.78 is 3.78. The number of hydrogen-bond acceptors (Lipinski definition) is 5. The van der Waals surface area contributed by atoms with Crippen LogP contribution in [-0.2, 0) is 4.79 Å². The van der Waals surface area contributed by atoms with Gasteiger partial charge in [0.25, 0.3) is 5.91 Å². The second kappa shape index (κ2) is 6.73. The van der Waals surface area contributed by atoms with E-state index in [0.717, 1.165) is 18.1 Å². The fourth-order valence-corrected chi connectivity index (χ4v) is 3.98. The first-order chi connectivity index (χ1) is 10.6. The zero-order valence-electron chi connectivity index (χ0n) is 12.9. The summed E-state index contributed by atoms with van der Waals surface area (Å²) in [6, 6.07) is -0.0925. The molecule has 1 saturated carbocycles. The van der Waals surface area contributed by atoms with Crippen LogP contribution in [0.5, 0.6) is 0 Å². The topological polar surface area (TPSA) is 75.2 Å². The van der Waals surface area contributed by atoms with Gasteiger partial charge in [-0.05, 0) is 37.2 Å². The highest BCUT2D eigenvalue weighted by Gasteiger charge is 2.32. The van der Waals surface area contributed by atoms with E-state index in [2.05, 4.69) is 14.9 Å². The molecule has 0 radical (unpaired) electrons. The molecule has 22 heavy (non-hydrogen) atoms. The number of nitrogens with one attached hydrogen (secondary N) is 1. The predicted octanol–water partition coefficient (Wildman–Crippen LogP) is 1.76. The monoisotopic (exact) mass is 322 g/mol. The van der Waals surface area contributed by atoms with Crippen molar-refractivity contribution in [2.24, 2.45) is 5.92 Å². The molecule has 0 bridgehead atoms. The van der Waals surface area contributed by atoms with Gasteiger partial charge in [-0.3, -0.25) is 9.59 Å². The van der Waals surface area contributed by atoms with E-state index in [0.29, 0.717) is 29.5 Å². The van der Waals surface area contributed by atoms with Gasteiger partial charge in [-0.2, -0.15) is 0 Å². The van der Waals surface area contributed by atoms with Crippen molar-refractivity contribution >= 4 is 23.3 Å². The zero-order valence-corrected chi connectivity index (χ0v) is 13.7. The van der Waals surface area contributed by atoms with Gasteiger partial charge in [0.05, 0.1) is 11.7 Å². The van der Waals surface area contributed by atoms with Crippen LogP contribution in [0, 0.1) is 12.8 Å². The van der Waals surface area contributed by atoms with Gasteiger partial charge in [0.15, 0.2) is 0 Å². The Bertz CT molecular complexity index is 553. The average Bonchev–Trinajstić information content (AvgIpc) is 3.07. The number of rotatable bonds is 4. The fourth-order valence-electron chi connectivity index (χ4n) is 3.42. The van der Waals surface area contributed by atoms with Crippen molar-refractivity contribution in [2.75, 3.05) is 13.1 Å². The van der Waals surface area contributed by atoms with Crippen molar-refractivity contribution in [1.82, 2.24) is 19.8 Å². The summed E-state index contributed by atoms with van der Waals surface area (Å²) in [5, 5.41) is 6.80. The number of carbonyl (C=O) groups is 2. The average molecular weight is 322 g/mol. The lowest BCUT2D eigenvalue weighted by Gasteiger charge is -2.27. The number of carbonyl (C=O) groups excluding carboxylic acids is 2. The normalized spacial score (nSPS) is 23.0. The van der Waals surface area contributed by atoms with E-state index in [1.165, 1.54) is 32.1 Å². The molecule has 120 valence electrons. The van der Waals surface area contributed by atoms with Gasteiger partial charge < -0.3 is 10.2 Å². The van der Waals surface area contributed by atoms with Gasteiger partial charge in [0.1, 0.15) is 4.88 Å². The Kier molecular flexibility index (Phi) is 4.71. The molecular formula is C15H22N4O2S. The number of amides is 2. The maximum absolute atomic E-state index is 12.2. The van der Waals surface area contributed by atoms with Crippen LogP contribution in [0.3, 0.4) is 0 Å². The lowest BCUT2D eigenvalue weighted by atomic mass is 9.89. The van der Waals surface area contributed by atoms with E-state index in [4.69, 9.17) is 0 Å². The number of aromatic nitrogens is 2. The van der Waals surface area contributed by atoms with Gasteiger partial charge in [-0.25, -0.2) is 0 Å². The molecule has 2 aliphatic rings. The van der Waals surface area contributed by atoms with Crippen LogP contribution in [0.25, 0.3) is 0 Å². The molecule has 2 heterocycles. The van der Waals surface area contributed by atoms with Crippen LogP contribution in [0.4, 0.5) is 0 Å². The van der Waals surface area contributed by atoms with E-state index >= 15 is 0 Å². The third-order valence-corrected chi connectivity index (χ3v) is 5.44. The highest BCUT2D eigenvalue weighted by molar-refractivity contribution is 7.08. The minimum atomic E-state index is -0.162. The summed E-state index contributed by atoms with van der Waals surface area (Å²) in [5.41, 5.74) is 0.644. The number of aryl methyl sites for hydroxylation is 1. The molecule has 0 spiro atoms. The molecule has 1 atom stereocenters. The highest BCUT2D eigenvalue weighted by Crippen LogP contribution is 2.26. The van der Waals surface area contributed by atoms with E-state index in [1.54, 1.807) is 6.92 Å². The molecule has 2 fully saturated rings. The lowest BCUT2D eigenvalue weighted by molar-refractivity contribution is -0.128. The second-order valence-corrected chi connectivity index (χ2v) is 7.12. The Morgan fingerprint density at radius 3 is 2.82 bits per heavy atom. The molecule has 1 aromatic heterocycles. The number of hydrogen-bond donors (Lipinski definition) is 1. The Morgan fingerprint density at radius 2 is 2.14 bits per heavy atom. The van der Waals surface area contributed by atoms with Crippen molar-refractivity contribution in [3.63, 3.8) is 0 Å². The molecule has 1 saturated heterocycles. The van der Waals surface area contributed by atoms with E-state index in [9.17, 15) is 9.59 Å². The molecule has 1 aromatic rings. The molecule has 0 aromatic carbocycles. The third-order valence-electron chi connectivity index (χ3n) is 4.61. The quantitative estimate of drug-likeness (QED) is 0.916. The van der Waals surface area contributed by atoms with Gasteiger partial charge in [0.2, 0.25) is 5.91 Å². The predicted molar refractivity (Wildman–Crippen MR) is 83.7 cm³/mol. The minimum Gasteiger partial charge on any atom is -0.346 e. The zero-order chi connectivity index (χ0) is 15.5. The maximum atomic E-state index is 12.2. The van der Waals surface area contributed by atoms with Crippen LogP contribution in [0.15, 0.2) is 0 Å². The van der Waals surface area contributed by atoms with Crippen molar-refractivity contribution < 1.29 is 9.59 Å². The summed E-state index contributed by atoms with van der Waals surface area (Å²) >= 11 is 1.10. The third kappa shape index (κ3) is 3.45. The van der Waals surface area contributed by atoms with Crippen LogP contribution in [0.2, 0.25) is 0 Å². The summed E-state index contributed by atoms with van der Waals surface area (Å²) in [6.07, 6.45) is 6.75. The van der Waals surface area contributed by atoms with Crippen molar-refractivity contribution in [3.8, 4) is 0 Å². The van der Waals surface area contributed by atoms with E-state index in [-0.39, 0.29) is 17.9 Å². The standard InChI is InChI=1S/C15H22N4O2S/c1-10-14(22-18-17-10)15(21)16-12-7-13(20)19(9-12)8-11-5-3-2-4-6-11/h11-12H,2-9H2,1H3,(H,16,21). The van der Waals surface area contributed by atoms with Crippen LogP contribution < -0.4 is 5.32 Å².